The van der Waals surface area contributed by atoms with Crippen molar-refractivity contribution in [3.8, 4) is 5.75 Å². The van der Waals surface area contributed by atoms with Crippen molar-refractivity contribution in [1.29, 1.82) is 0 Å². The van der Waals surface area contributed by atoms with Crippen LogP contribution < -0.4 is 10.1 Å². The summed E-state index contributed by atoms with van der Waals surface area (Å²) in [4.78, 5) is 17.4. The van der Waals surface area contributed by atoms with Crippen LogP contribution in [0.1, 0.15) is 46.7 Å². The van der Waals surface area contributed by atoms with Crippen molar-refractivity contribution in [3.05, 3.63) is 34.6 Å². The molecule has 1 aliphatic rings. The molecule has 0 saturated heterocycles. The average molecular weight is 348 g/mol. The number of pyridine rings is 1. The summed E-state index contributed by atoms with van der Waals surface area (Å²) in [6.07, 6.45) is 5.02. The highest BCUT2D eigenvalue weighted by atomic mass is 32.1. The van der Waals surface area contributed by atoms with Gasteiger partial charge in [0, 0.05) is 6.20 Å². The van der Waals surface area contributed by atoms with Crippen molar-refractivity contribution in [1.82, 2.24) is 19.9 Å². The van der Waals surface area contributed by atoms with Gasteiger partial charge in [-0.3, -0.25) is 9.78 Å². The second-order valence-electron chi connectivity index (χ2n) is 5.90. The van der Waals surface area contributed by atoms with Crippen LogP contribution in [0.5, 0.6) is 5.75 Å². The normalized spacial score (nSPS) is 21.0. The maximum Gasteiger partial charge on any atom is 0.265 e. The summed E-state index contributed by atoms with van der Waals surface area (Å²) < 4.78 is 9.10. The zero-order valence-electron chi connectivity index (χ0n) is 13.6. The Balaban J connectivity index is 1.84. The van der Waals surface area contributed by atoms with Gasteiger partial charge in [-0.05, 0) is 48.3 Å². The summed E-state index contributed by atoms with van der Waals surface area (Å²) in [7, 11) is 1.58. The lowest BCUT2D eigenvalue weighted by atomic mass is 9.75. The first-order valence-electron chi connectivity index (χ1n) is 7.91. The number of carbonyl (C=O) groups is 1. The number of aliphatic hydroxyl groups is 1. The smallest absolute Gasteiger partial charge is 0.265 e. The maximum absolute atomic E-state index is 12.7. The third-order valence-electron chi connectivity index (χ3n) is 4.33. The molecule has 0 radical (unpaired) electrons. The number of nitrogens with zero attached hydrogens (tertiary/aromatic N) is 3. The molecule has 2 aromatic heterocycles. The SMILES string of the molecule is CCc1nnsc1C(=O)N[C@H](c1cncc(OC)c1)C1CC(O)C1. The van der Waals surface area contributed by atoms with E-state index in [0.29, 0.717) is 35.6 Å². The number of rotatable bonds is 6. The number of amides is 1. The van der Waals surface area contributed by atoms with E-state index >= 15 is 0 Å². The Labute approximate surface area is 144 Å². The lowest BCUT2D eigenvalue weighted by Crippen LogP contribution is -2.41. The average Bonchev–Trinajstić information content (AvgIpc) is 3.06. The largest absolute Gasteiger partial charge is 0.495 e. The van der Waals surface area contributed by atoms with Gasteiger partial charge >= 0.3 is 0 Å². The molecule has 1 aliphatic carbocycles. The van der Waals surface area contributed by atoms with Gasteiger partial charge in [-0.1, -0.05) is 11.4 Å². The topological polar surface area (TPSA) is 97.2 Å². The molecule has 0 aromatic carbocycles. The summed E-state index contributed by atoms with van der Waals surface area (Å²) >= 11 is 1.10. The third kappa shape index (κ3) is 3.39. The van der Waals surface area contributed by atoms with Gasteiger partial charge in [0.05, 0.1) is 31.1 Å². The number of aliphatic hydroxyl groups excluding tert-OH is 1. The first kappa shape index (κ1) is 16.8. The molecule has 1 saturated carbocycles. The van der Waals surface area contributed by atoms with Gasteiger partial charge in [-0.15, -0.1) is 5.10 Å². The molecule has 0 bridgehead atoms. The third-order valence-corrected chi connectivity index (χ3v) is 5.10. The minimum absolute atomic E-state index is 0.170. The Bertz CT molecular complexity index is 715. The van der Waals surface area contributed by atoms with Gasteiger partial charge in [0.1, 0.15) is 10.6 Å². The van der Waals surface area contributed by atoms with Crippen LogP contribution in [0.15, 0.2) is 18.5 Å². The number of nitrogens with one attached hydrogen (secondary N) is 1. The second-order valence-corrected chi connectivity index (χ2v) is 6.65. The van der Waals surface area contributed by atoms with Gasteiger partial charge in [0.15, 0.2) is 0 Å². The Hall–Kier alpha value is -2.06. The van der Waals surface area contributed by atoms with Crippen molar-refractivity contribution in [2.75, 3.05) is 7.11 Å². The number of aryl methyl sites for hydroxylation is 1. The fraction of sp³-hybridized carbons (Fsp3) is 0.500. The van der Waals surface area contributed by atoms with Crippen LogP contribution in [0.25, 0.3) is 0 Å². The van der Waals surface area contributed by atoms with Gasteiger partial charge in [0.2, 0.25) is 0 Å². The summed E-state index contributed by atoms with van der Waals surface area (Å²) in [5, 5.41) is 16.7. The Morgan fingerprint density at radius 2 is 2.29 bits per heavy atom. The molecule has 8 heteroatoms. The molecule has 24 heavy (non-hydrogen) atoms. The highest BCUT2D eigenvalue weighted by molar-refractivity contribution is 7.08. The van der Waals surface area contributed by atoms with Crippen LogP contribution in [0, 0.1) is 5.92 Å². The summed E-state index contributed by atoms with van der Waals surface area (Å²) in [5.74, 6) is 0.625. The predicted octanol–water partition coefficient (Wildman–Crippen LogP) is 1.75. The monoisotopic (exact) mass is 348 g/mol. The highest BCUT2D eigenvalue weighted by Crippen LogP contribution is 2.38. The van der Waals surface area contributed by atoms with Crippen molar-refractivity contribution in [2.24, 2.45) is 5.92 Å². The fourth-order valence-electron chi connectivity index (χ4n) is 2.91. The van der Waals surface area contributed by atoms with E-state index in [1.54, 1.807) is 19.5 Å². The number of carbonyl (C=O) groups excluding carboxylic acids is 1. The lowest BCUT2D eigenvalue weighted by molar-refractivity contribution is 0.0235. The van der Waals surface area contributed by atoms with E-state index in [9.17, 15) is 9.90 Å². The summed E-state index contributed by atoms with van der Waals surface area (Å²) in [5.41, 5.74) is 1.57. The number of aromatic nitrogens is 3. The van der Waals surface area contributed by atoms with Crippen LogP contribution in [-0.2, 0) is 6.42 Å². The molecule has 128 valence electrons. The first-order chi connectivity index (χ1) is 11.6. The highest BCUT2D eigenvalue weighted by Gasteiger charge is 2.36. The van der Waals surface area contributed by atoms with Crippen LogP contribution >= 0.6 is 11.5 Å². The molecule has 0 aliphatic heterocycles. The predicted molar refractivity (Wildman–Crippen MR) is 89.0 cm³/mol. The molecule has 2 N–H and O–H groups in total. The quantitative estimate of drug-likeness (QED) is 0.825. The van der Waals surface area contributed by atoms with E-state index in [0.717, 1.165) is 17.1 Å². The molecule has 0 unspecified atom stereocenters. The summed E-state index contributed by atoms with van der Waals surface area (Å²) in [6.45, 7) is 1.94. The van der Waals surface area contributed by atoms with Gasteiger partial charge in [-0.25, -0.2) is 0 Å². The molecule has 1 fully saturated rings. The van der Waals surface area contributed by atoms with Gasteiger partial charge in [0.25, 0.3) is 5.91 Å². The molecule has 3 rings (SSSR count). The van der Waals surface area contributed by atoms with Crippen LogP contribution in [0.4, 0.5) is 0 Å². The van der Waals surface area contributed by atoms with Crippen molar-refractivity contribution in [2.45, 2.75) is 38.3 Å². The molecule has 1 amide bonds. The number of ether oxygens (including phenoxy) is 1. The van der Waals surface area contributed by atoms with E-state index < -0.39 is 0 Å². The Kier molecular flexibility index (Phi) is 5.06. The van der Waals surface area contributed by atoms with E-state index in [4.69, 9.17) is 4.74 Å². The Morgan fingerprint density at radius 1 is 1.50 bits per heavy atom. The number of hydrogen-bond acceptors (Lipinski definition) is 7. The van der Waals surface area contributed by atoms with Crippen LogP contribution in [0.2, 0.25) is 0 Å². The van der Waals surface area contributed by atoms with Crippen molar-refractivity contribution >= 4 is 17.4 Å². The molecular formula is C16H20N4O3S. The minimum Gasteiger partial charge on any atom is -0.495 e. The van der Waals surface area contributed by atoms with E-state index in [1.165, 1.54) is 0 Å². The molecule has 2 aromatic rings. The van der Waals surface area contributed by atoms with Crippen LogP contribution in [-0.4, -0.2) is 38.8 Å². The van der Waals surface area contributed by atoms with Gasteiger partial charge < -0.3 is 15.2 Å². The molecule has 7 nitrogen and oxygen atoms in total. The number of hydrogen-bond donors (Lipinski definition) is 2. The zero-order valence-corrected chi connectivity index (χ0v) is 14.4. The van der Waals surface area contributed by atoms with E-state index in [1.807, 2.05) is 13.0 Å². The number of methoxy groups -OCH3 is 1. The standard InChI is InChI=1S/C16H20N4O3S/c1-3-13-15(24-20-19-13)16(22)18-14(9-4-11(21)5-9)10-6-12(23-2)8-17-7-10/h6-9,11,14,21H,3-5H2,1-2H3,(H,18,22)/t9?,11?,14-/m0/s1. The van der Waals surface area contributed by atoms with E-state index in [-0.39, 0.29) is 24.0 Å². The molecule has 1 atom stereocenters. The molecule has 2 heterocycles. The zero-order chi connectivity index (χ0) is 17.1. The lowest BCUT2D eigenvalue weighted by Gasteiger charge is -2.38. The van der Waals surface area contributed by atoms with Gasteiger partial charge in [-0.2, -0.15) is 0 Å². The maximum atomic E-state index is 12.7. The first-order valence-corrected chi connectivity index (χ1v) is 8.68. The summed E-state index contributed by atoms with van der Waals surface area (Å²) in [6, 6.07) is 1.64. The van der Waals surface area contributed by atoms with E-state index in [2.05, 4.69) is 19.9 Å². The second kappa shape index (κ2) is 7.23. The van der Waals surface area contributed by atoms with Crippen molar-refractivity contribution < 1.29 is 14.6 Å². The minimum atomic E-state index is -0.302. The van der Waals surface area contributed by atoms with Crippen molar-refractivity contribution in [3.63, 3.8) is 0 Å². The van der Waals surface area contributed by atoms with Crippen LogP contribution in [0.3, 0.4) is 0 Å². The fourth-order valence-corrected chi connectivity index (χ4v) is 3.57. The Morgan fingerprint density at radius 3 is 2.96 bits per heavy atom. The molecule has 0 spiro atoms. The molecular weight excluding hydrogens is 328 g/mol.